The summed E-state index contributed by atoms with van der Waals surface area (Å²) in [5.74, 6) is -0.693. The first-order valence-electron chi connectivity index (χ1n) is 7.46. The van der Waals surface area contributed by atoms with Gasteiger partial charge in [0.15, 0.2) is 0 Å². The molecule has 0 fully saturated rings. The van der Waals surface area contributed by atoms with Crippen LogP contribution in [-0.4, -0.2) is 36.2 Å². The van der Waals surface area contributed by atoms with Gasteiger partial charge in [-0.25, -0.2) is 10.0 Å². The smallest absolute Gasteiger partial charge is 0.354 e. The van der Waals surface area contributed by atoms with Crippen LogP contribution >= 0.6 is 0 Å². The number of carbonyl (C=O) groups excluding carboxylic acids is 2. The van der Waals surface area contributed by atoms with E-state index in [4.69, 9.17) is 9.94 Å². The van der Waals surface area contributed by atoms with E-state index in [1.54, 1.807) is 30.3 Å². The molecule has 0 radical (unpaired) electrons. The lowest BCUT2D eigenvalue weighted by Gasteiger charge is -2.09. The summed E-state index contributed by atoms with van der Waals surface area (Å²) >= 11 is 0. The first-order valence-corrected chi connectivity index (χ1v) is 7.46. The highest BCUT2D eigenvalue weighted by molar-refractivity contribution is 6.03. The summed E-state index contributed by atoms with van der Waals surface area (Å²) in [5.41, 5.74) is 0.577. The number of ether oxygens (including phenoxy) is 2. The highest BCUT2D eigenvalue weighted by Gasteiger charge is 2.16. The van der Waals surface area contributed by atoms with Crippen molar-refractivity contribution in [3.8, 4) is 5.75 Å². The van der Waals surface area contributed by atoms with Gasteiger partial charge in [0.25, 0.3) is 10.8 Å². The molecule has 1 amide bonds. The van der Waals surface area contributed by atoms with Crippen LogP contribution in [0.5, 0.6) is 5.75 Å². The Morgan fingerprint density at radius 2 is 1.81 bits per heavy atom. The minimum absolute atomic E-state index is 0.0237. The molecule has 26 heavy (non-hydrogen) atoms. The molecule has 0 unspecified atom stereocenters. The second kappa shape index (κ2) is 8.43. The van der Waals surface area contributed by atoms with Crippen LogP contribution in [0, 0.1) is 4.91 Å². The maximum atomic E-state index is 12.3. The van der Waals surface area contributed by atoms with Crippen LogP contribution in [0.4, 0.5) is 5.69 Å². The lowest BCUT2D eigenvalue weighted by Crippen LogP contribution is -2.28. The van der Waals surface area contributed by atoms with Crippen molar-refractivity contribution < 1.29 is 29.2 Å². The highest BCUT2D eigenvalue weighted by atomic mass is 16.6. The van der Waals surface area contributed by atoms with Gasteiger partial charge in [-0.05, 0) is 35.9 Å². The van der Waals surface area contributed by atoms with Crippen molar-refractivity contribution in [3.05, 3.63) is 70.3 Å². The predicted octanol–water partition coefficient (Wildman–Crippen LogP) is 2.44. The van der Waals surface area contributed by atoms with Gasteiger partial charge in [-0.2, -0.15) is 0 Å². The standard InChI is InChI=1S/C18H16N2O6/c1-25-15-8-6-13(7-9-15)17(21)19-16(18(22)26-2)11-12-4-3-5-14(10-12)20(23)24/h3-11H,1-2H3,(H-,19,21,23,24)/p+1/b16-11-. The fourth-order valence-corrected chi connectivity index (χ4v) is 2.09. The van der Waals surface area contributed by atoms with E-state index in [9.17, 15) is 14.5 Å². The van der Waals surface area contributed by atoms with Gasteiger partial charge >= 0.3 is 11.7 Å². The van der Waals surface area contributed by atoms with E-state index in [0.29, 0.717) is 16.9 Å². The van der Waals surface area contributed by atoms with Gasteiger partial charge in [0.2, 0.25) is 0 Å². The molecule has 2 rings (SSSR count). The van der Waals surface area contributed by atoms with Crippen LogP contribution < -0.4 is 10.1 Å². The Balaban J connectivity index is 2.29. The third-order valence-corrected chi connectivity index (χ3v) is 3.41. The number of hydrogen-bond donors (Lipinski definition) is 2. The van der Waals surface area contributed by atoms with Crippen molar-refractivity contribution in [1.82, 2.24) is 5.32 Å². The second-order valence-electron chi connectivity index (χ2n) is 5.10. The quantitative estimate of drug-likeness (QED) is 0.467. The van der Waals surface area contributed by atoms with E-state index >= 15 is 0 Å². The molecule has 8 nitrogen and oxygen atoms in total. The van der Waals surface area contributed by atoms with Crippen LogP contribution in [0.2, 0.25) is 0 Å². The highest BCUT2D eigenvalue weighted by Crippen LogP contribution is 2.16. The van der Waals surface area contributed by atoms with Crippen molar-refractivity contribution in [2.75, 3.05) is 14.2 Å². The zero-order chi connectivity index (χ0) is 19.1. The Kier molecular flexibility index (Phi) is 6.05. The topological polar surface area (TPSA) is 105 Å². The van der Waals surface area contributed by atoms with Crippen molar-refractivity contribution in [2.45, 2.75) is 0 Å². The Morgan fingerprint density at radius 3 is 2.38 bits per heavy atom. The minimum atomic E-state index is -0.764. The first-order chi connectivity index (χ1) is 12.4. The molecule has 0 atom stereocenters. The number of carbonyl (C=O) groups is 2. The molecule has 2 aromatic carbocycles. The Hall–Kier alpha value is -3.68. The molecule has 0 aliphatic rings. The summed E-state index contributed by atoms with van der Waals surface area (Å²) in [7, 11) is 2.69. The zero-order valence-electron chi connectivity index (χ0n) is 14.1. The van der Waals surface area contributed by atoms with Gasteiger partial charge in [0, 0.05) is 17.7 Å². The molecule has 0 heterocycles. The molecule has 0 aliphatic carbocycles. The van der Waals surface area contributed by atoms with E-state index in [2.05, 4.69) is 10.1 Å². The van der Waals surface area contributed by atoms with Crippen LogP contribution in [-0.2, 0) is 9.53 Å². The lowest BCUT2D eigenvalue weighted by molar-refractivity contribution is -0.729. The maximum Gasteiger partial charge on any atom is 0.354 e. The first kappa shape index (κ1) is 18.7. The van der Waals surface area contributed by atoms with E-state index in [1.807, 2.05) is 0 Å². The number of rotatable bonds is 6. The number of benzene rings is 2. The molecule has 0 aliphatic heterocycles. The molecule has 0 saturated heterocycles. The minimum Gasteiger partial charge on any atom is -0.497 e. The van der Waals surface area contributed by atoms with Gasteiger partial charge < -0.3 is 14.8 Å². The fourth-order valence-electron chi connectivity index (χ4n) is 2.09. The number of amides is 1. The van der Waals surface area contributed by atoms with Crippen molar-refractivity contribution >= 4 is 23.6 Å². The van der Waals surface area contributed by atoms with Crippen molar-refractivity contribution in [2.24, 2.45) is 0 Å². The predicted molar refractivity (Wildman–Crippen MR) is 92.0 cm³/mol. The molecule has 134 valence electrons. The SMILES string of the molecule is COC(=O)/C(=C/c1cccc([N+](=O)O)c1)NC(=O)c1ccc(OC)cc1. The Bertz CT molecular complexity index is 858. The normalized spacial score (nSPS) is 10.8. The molecule has 2 aromatic rings. The van der Waals surface area contributed by atoms with Gasteiger partial charge in [0.05, 0.1) is 19.1 Å². The Labute approximate surface area is 149 Å². The van der Waals surface area contributed by atoms with Gasteiger partial charge in [-0.15, -0.1) is 0 Å². The summed E-state index contributed by atoms with van der Waals surface area (Å²) in [5, 5.41) is 11.4. The molecule has 8 heteroatoms. The van der Waals surface area contributed by atoms with E-state index < -0.39 is 11.9 Å². The summed E-state index contributed by atoms with van der Waals surface area (Å²) in [6.45, 7) is 0. The molecular weight excluding hydrogens is 340 g/mol. The van der Waals surface area contributed by atoms with E-state index in [-0.39, 0.29) is 16.3 Å². The fraction of sp³-hybridized carbons (Fsp3) is 0.111. The van der Waals surface area contributed by atoms with Gasteiger partial charge in [0.1, 0.15) is 11.4 Å². The van der Waals surface area contributed by atoms with Crippen LogP contribution in [0.1, 0.15) is 15.9 Å². The van der Waals surface area contributed by atoms with E-state index in [1.165, 1.54) is 38.5 Å². The summed E-state index contributed by atoms with van der Waals surface area (Å²) in [6.07, 6.45) is 1.33. The zero-order valence-corrected chi connectivity index (χ0v) is 14.1. The summed E-state index contributed by atoms with van der Waals surface area (Å²) in [6, 6.07) is 12.2. The number of methoxy groups -OCH3 is 2. The number of esters is 1. The number of nitrogens with zero attached hydrogens (tertiary/aromatic N) is 1. The van der Waals surface area contributed by atoms with Crippen LogP contribution in [0.15, 0.2) is 54.2 Å². The third-order valence-electron chi connectivity index (χ3n) is 3.41. The maximum absolute atomic E-state index is 12.3. The number of nitrogens with one attached hydrogen (secondary N) is 1. The molecule has 0 saturated carbocycles. The Morgan fingerprint density at radius 1 is 1.12 bits per heavy atom. The van der Waals surface area contributed by atoms with Crippen LogP contribution in [0.25, 0.3) is 6.08 Å². The van der Waals surface area contributed by atoms with Crippen LogP contribution in [0.3, 0.4) is 0 Å². The third kappa shape index (κ3) is 4.67. The monoisotopic (exact) mass is 357 g/mol. The van der Waals surface area contributed by atoms with Crippen molar-refractivity contribution in [1.29, 1.82) is 0 Å². The van der Waals surface area contributed by atoms with Gasteiger partial charge in [-0.3, -0.25) is 4.79 Å². The number of hydrogen-bond acceptors (Lipinski definition) is 5. The molecular formula is C18H17N2O6+. The van der Waals surface area contributed by atoms with Gasteiger partial charge in [-0.1, -0.05) is 12.1 Å². The molecule has 0 aromatic heterocycles. The molecule has 2 N–H and O–H groups in total. The largest absolute Gasteiger partial charge is 0.497 e. The summed E-state index contributed by atoms with van der Waals surface area (Å²) in [4.78, 5) is 35.0. The average Bonchev–Trinajstić information content (AvgIpc) is 2.67. The van der Waals surface area contributed by atoms with Crippen molar-refractivity contribution in [3.63, 3.8) is 0 Å². The second-order valence-corrected chi connectivity index (χ2v) is 5.10. The molecule has 0 bridgehead atoms. The van der Waals surface area contributed by atoms with E-state index in [0.717, 1.165) is 0 Å². The molecule has 0 spiro atoms. The average molecular weight is 357 g/mol. The summed E-state index contributed by atoms with van der Waals surface area (Å²) < 4.78 is 9.70. The lowest BCUT2D eigenvalue weighted by atomic mass is 10.1.